The van der Waals surface area contributed by atoms with Crippen LogP contribution in [0.1, 0.15) is 49.4 Å². The van der Waals surface area contributed by atoms with Crippen LogP contribution in [0.25, 0.3) is 0 Å². The van der Waals surface area contributed by atoms with E-state index in [0.717, 1.165) is 12.8 Å². The van der Waals surface area contributed by atoms with E-state index in [4.69, 9.17) is 11.6 Å². The number of pyridine rings is 1. The maximum Gasteiger partial charge on any atom is 0.253 e. The first-order chi connectivity index (χ1) is 9.65. The van der Waals surface area contributed by atoms with E-state index in [0.29, 0.717) is 22.3 Å². The highest BCUT2D eigenvalue weighted by atomic mass is 35.5. The molecule has 1 fully saturated rings. The summed E-state index contributed by atoms with van der Waals surface area (Å²) in [6, 6.07) is 1.96. The van der Waals surface area contributed by atoms with Gasteiger partial charge in [-0.05, 0) is 24.8 Å². The predicted molar refractivity (Wildman–Crippen MR) is 82.3 cm³/mol. The zero-order chi connectivity index (χ0) is 14.5. The summed E-state index contributed by atoms with van der Waals surface area (Å²) in [5.74, 6) is 1.13. The molecule has 110 valence electrons. The lowest BCUT2D eigenvalue weighted by atomic mass is 9.83. The molecule has 4 nitrogen and oxygen atoms in total. The molecule has 0 bridgehead atoms. The van der Waals surface area contributed by atoms with E-state index in [1.54, 1.807) is 13.1 Å². The highest BCUT2D eigenvalue weighted by molar-refractivity contribution is 6.33. The average Bonchev–Trinajstić information content (AvgIpc) is 2.48. The van der Waals surface area contributed by atoms with Crippen LogP contribution in [0.15, 0.2) is 12.3 Å². The molecule has 1 saturated carbocycles. The van der Waals surface area contributed by atoms with E-state index in [1.165, 1.54) is 25.5 Å². The van der Waals surface area contributed by atoms with Crippen LogP contribution in [0.3, 0.4) is 0 Å². The Morgan fingerprint density at radius 2 is 2.20 bits per heavy atom. The molecule has 1 aromatic rings. The summed E-state index contributed by atoms with van der Waals surface area (Å²) in [6.45, 7) is 2.19. The van der Waals surface area contributed by atoms with Crippen LogP contribution in [0.5, 0.6) is 0 Å². The number of nitrogens with zero attached hydrogens (tertiary/aromatic N) is 1. The molecule has 1 amide bonds. The second-order valence-corrected chi connectivity index (χ2v) is 5.74. The van der Waals surface area contributed by atoms with Gasteiger partial charge < -0.3 is 10.6 Å². The highest BCUT2D eigenvalue weighted by Crippen LogP contribution is 2.27. The van der Waals surface area contributed by atoms with Crippen LogP contribution in [0.2, 0.25) is 5.02 Å². The molecule has 20 heavy (non-hydrogen) atoms. The van der Waals surface area contributed by atoms with E-state index < -0.39 is 0 Å². The molecule has 2 unspecified atom stereocenters. The Labute approximate surface area is 125 Å². The van der Waals surface area contributed by atoms with Gasteiger partial charge in [0.1, 0.15) is 5.82 Å². The van der Waals surface area contributed by atoms with Gasteiger partial charge in [0.05, 0.1) is 10.6 Å². The first-order valence-electron chi connectivity index (χ1n) is 7.29. The highest BCUT2D eigenvalue weighted by Gasteiger charge is 2.26. The van der Waals surface area contributed by atoms with Gasteiger partial charge in [0.15, 0.2) is 0 Å². The van der Waals surface area contributed by atoms with Gasteiger partial charge in [0, 0.05) is 19.3 Å². The second-order valence-electron chi connectivity index (χ2n) is 5.33. The number of carbonyl (C=O) groups is 1. The monoisotopic (exact) mass is 295 g/mol. The summed E-state index contributed by atoms with van der Waals surface area (Å²) in [5.41, 5.74) is 0.492. The lowest BCUT2D eigenvalue weighted by Crippen LogP contribution is -2.42. The SMILES string of the molecule is CCC1CCCCC1NC(=O)c1cc(NC)ncc1Cl. The van der Waals surface area contributed by atoms with Crippen LogP contribution in [-0.4, -0.2) is 24.0 Å². The lowest BCUT2D eigenvalue weighted by Gasteiger charge is -2.31. The molecule has 0 spiro atoms. The molecule has 0 saturated heterocycles. The van der Waals surface area contributed by atoms with Crippen LogP contribution < -0.4 is 10.6 Å². The number of carbonyl (C=O) groups excluding carboxylic acids is 1. The van der Waals surface area contributed by atoms with Crippen molar-refractivity contribution in [1.29, 1.82) is 0 Å². The quantitative estimate of drug-likeness (QED) is 0.894. The zero-order valence-corrected chi connectivity index (χ0v) is 12.8. The first-order valence-corrected chi connectivity index (χ1v) is 7.67. The molecular weight excluding hydrogens is 274 g/mol. The van der Waals surface area contributed by atoms with Crippen molar-refractivity contribution in [3.63, 3.8) is 0 Å². The fourth-order valence-electron chi connectivity index (χ4n) is 2.88. The molecule has 0 aromatic carbocycles. The molecule has 1 aromatic heterocycles. The predicted octanol–water partition coefficient (Wildman–Crippen LogP) is 3.48. The standard InChI is InChI=1S/C15H22ClN3O/c1-3-10-6-4-5-7-13(10)19-15(20)11-8-14(17-2)18-9-12(11)16/h8-10,13H,3-7H2,1-2H3,(H,17,18)(H,19,20). The van der Waals surface area contributed by atoms with Crippen molar-refractivity contribution >= 4 is 23.3 Å². The third-order valence-corrected chi connectivity index (χ3v) is 4.41. The van der Waals surface area contributed by atoms with Gasteiger partial charge in [-0.3, -0.25) is 4.79 Å². The van der Waals surface area contributed by atoms with E-state index in [2.05, 4.69) is 22.5 Å². The lowest BCUT2D eigenvalue weighted by molar-refractivity contribution is 0.0905. The minimum Gasteiger partial charge on any atom is -0.373 e. The van der Waals surface area contributed by atoms with Crippen LogP contribution in [0, 0.1) is 5.92 Å². The Hall–Kier alpha value is -1.29. The molecule has 5 heteroatoms. The Bertz CT molecular complexity index is 478. The van der Waals surface area contributed by atoms with Crippen LogP contribution >= 0.6 is 11.6 Å². The van der Waals surface area contributed by atoms with Crippen molar-refractivity contribution in [2.45, 2.75) is 45.1 Å². The summed E-state index contributed by atoms with van der Waals surface area (Å²) >= 11 is 6.08. The number of hydrogen-bond acceptors (Lipinski definition) is 3. The van der Waals surface area contributed by atoms with E-state index in [-0.39, 0.29) is 11.9 Å². The Kier molecular flexibility index (Phi) is 5.24. The second kappa shape index (κ2) is 6.93. The fourth-order valence-corrected chi connectivity index (χ4v) is 3.07. The van der Waals surface area contributed by atoms with Crippen molar-refractivity contribution < 1.29 is 4.79 Å². The molecule has 1 aliphatic carbocycles. The minimum absolute atomic E-state index is 0.0979. The molecule has 2 N–H and O–H groups in total. The molecule has 0 aliphatic heterocycles. The van der Waals surface area contributed by atoms with Crippen molar-refractivity contribution in [3.05, 3.63) is 22.8 Å². The number of rotatable bonds is 4. The summed E-state index contributed by atoms with van der Waals surface area (Å²) in [4.78, 5) is 16.5. The number of amides is 1. The van der Waals surface area contributed by atoms with Gasteiger partial charge in [0.2, 0.25) is 0 Å². The molecule has 1 aliphatic rings. The van der Waals surface area contributed by atoms with Crippen molar-refractivity contribution in [3.8, 4) is 0 Å². The molecular formula is C15H22ClN3O. The smallest absolute Gasteiger partial charge is 0.253 e. The Morgan fingerprint density at radius 3 is 2.90 bits per heavy atom. The van der Waals surface area contributed by atoms with Crippen molar-refractivity contribution in [1.82, 2.24) is 10.3 Å². The van der Waals surface area contributed by atoms with Gasteiger partial charge in [-0.1, -0.05) is 37.8 Å². The molecule has 2 atom stereocenters. The molecule has 1 heterocycles. The summed E-state index contributed by atoms with van der Waals surface area (Å²) in [5, 5.41) is 6.47. The number of aromatic nitrogens is 1. The maximum atomic E-state index is 12.4. The Morgan fingerprint density at radius 1 is 1.45 bits per heavy atom. The average molecular weight is 296 g/mol. The summed E-state index contributed by atoms with van der Waals surface area (Å²) in [6.07, 6.45) is 7.34. The van der Waals surface area contributed by atoms with E-state index in [9.17, 15) is 4.79 Å². The number of halogens is 1. The summed E-state index contributed by atoms with van der Waals surface area (Å²) in [7, 11) is 1.77. The maximum absolute atomic E-state index is 12.4. The van der Waals surface area contributed by atoms with Crippen molar-refractivity contribution in [2.24, 2.45) is 5.92 Å². The molecule has 0 radical (unpaired) electrons. The third-order valence-electron chi connectivity index (χ3n) is 4.11. The number of anilines is 1. The minimum atomic E-state index is -0.0979. The summed E-state index contributed by atoms with van der Waals surface area (Å²) < 4.78 is 0. The van der Waals surface area contributed by atoms with E-state index >= 15 is 0 Å². The Balaban J connectivity index is 2.11. The van der Waals surface area contributed by atoms with Gasteiger partial charge in [-0.15, -0.1) is 0 Å². The zero-order valence-electron chi connectivity index (χ0n) is 12.1. The molecule has 2 rings (SSSR count). The fraction of sp³-hybridized carbons (Fsp3) is 0.600. The van der Waals surface area contributed by atoms with E-state index in [1.807, 2.05) is 0 Å². The third kappa shape index (κ3) is 3.42. The van der Waals surface area contributed by atoms with Crippen molar-refractivity contribution in [2.75, 3.05) is 12.4 Å². The van der Waals surface area contributed by atoms with Crippen LogP contribution in [-0.2, 0) is 0 Å². The van der Waals surface area contributed by atoms with Crippen LogP contribution in [0.4, 0.5) is 5.82 Å². The first kappa shape index (κ1) is 15.1. The normalized spacial score (nSPS) is 22.4. The van der Waals surface area contributed by atoms with Gasteiger partial charge >= 0.3 is 0 Å². The number of nitrogens with one attached hydrogen (secondary N) is 2. The van der Waals surface area contributed by atoms with Gasteiger partial charge in [-0.2, -0.15) is 0 Å². The number of hydrogen-bond donors (Lipinski definition) is 2. The van der Waals surface area contributed by atoms with Gasteiger partial charge in [-0.25, -0.2) is 4.98 Å². The van der Waals surface area contributed by atoms with Gasteiger partial charge in [0.25, 0.3) is 5.91 Å². The largest absolute Gasteiger partial charge is 0.373 e. The topological polar surface area (TPSA) is 54.0 Å².